The van der Waals surface area contributed by atoms with Crippen molar-refractivity contribution in [3.05, 3.63) is 29.3 Å². The molecule has 2 amide bonds. The van der Waals surface area contributed by atoms with Crippen LogP contribution in [0.1, 0.15) is 12.8 Å². The summed E-state index contributed by atoms with van der Waals surface area (Å²) in [6.07, 6.45) is 2.15. The number of hydrogen-bond acceptors (Lipinski definition) is 3. The summed E-state index contributed by atoms with van der Waals surface area (Å²) >= 11 is 5.86. The van der Waals surface area contributed by atoms with E-state index in [4.69, 9.17) is 16.3 Å². The molecule has 2 heterocycles. The Hall–Kier alpha value is -1.30. The summed E-state index contributed by atoms with van der Waals surface area (Å²) in [5, 5.41) is 3.61. The van der Waals surface area contributed by atoms with Gasteiger partial charge in [-0.05, 0) is 43.0 Å². The quantitative estimate of drug-likeness (QED) is 0.922. The van der Waals surface area contributed by atoms with Crippen molar-refractivity contribution in [3.63, 3.8) is 0 Å². The molecule has 0 saturated carbocycles. The molecule has 1 N–H and O–H groups in total. The predicted octanol–water partition coefficient (Wildman–Crippen LogP) is 2.92. The Morgan fingerprint density at radius 3 is 2.43 bits per heavy atom. The predicted molar refractivity (Wildman–Crippen MR) is 92.0 cm³/mol. The summed E-state index contributed by atoms with van der Waals surface area (Å²) in [4.78, 5) is 16.7. The van der Waals surface area contributed by atoms with Gasteiger partial charge >= 0.3 is 6.03 Å². The average molecular weight is 338 g/mol. The SMILES string of the molecule is O=C(Nc1ccc(Cl)cc1)N1CCC(CN2CCOCC2)CC1. The summed E-state index contributed by atoms with van der Waals surface area (Å²) in [6.45, 7) is 6.57. The van der Waals surface area contributed by atoms with E-state index in [0.29, 0.717) is 10.9 Å². The lowest BCUT2D eigenvalue weighted by molar-refractivity contribution is 0.0260. The molecule has 0 atom stereocenters. The van der Waals surface area contributed by atoms with E-state index in [0.717, 1.165) is 64.5 Å². The van der Waals surface area contributed by atoms with Gasteiger partial charge in [-0.15, -0.1) is 0 Å². The molecule has 0 unspecified atom stereocenters. The first-order valence-electron chi connectivity index (χ1n) is 8.32. The van der Waals surface area contributed by atoms with Crippen LogP contribution in [0.4, 0.5) is 10.5 Å². The monoisotopic (exact) mass is 337 g/mol. The van der Waals surface area contributed by atoms with Crippen LogP contribution in [0.15, 0.2) is 24.3 Å². The van der Waals surface area contributed by atoms with E-state index >= 15 is 0 Å². The number of amides is 2. The van der Waals surface area contributed by atoms with Gasteiger partial charge in [-0.25, -0.2) is 4.79 Å². The van der Waals surface area contributed by atoms with Crippen LogP contribution >= 0.6 is 11.6 Å². The molecule has 23 heavy (non-hydrogen) atoms. The topological polar surface area (TPSA) is 44.8 Å². The lowest BCUT2D eigenvalue weighted by Crippen LogP contribution is -2.45. The molecule has 1 aromatic rings. The molecule has 2 aliphatic heterocycles. The molecule has 2 saturated heterocycles. The van der Waals surface area contributed by atoms with Crippen LogP contribution < -0.4 is 5.32 Å². The van der Waals surface area contributed by atoms with Crippen LogP contribution in [-0.2, 0) is 4.74 Å². The normalized spacial score (nSPS) is 20.5. The molecule has 5 nitrogen and oxygen atoms in total. The Morgan fingerprint density at radius 1 is 1.13 bits per heavy atom. The Morgan fingerprint density at radius 2 is 1.78 bits per heavy atom. The van der Waals surface area contributed by atoms with Crippen LogP contribution in [0.5, 0.6) is 0 Å². The van der Waals surface area contributed by atoms with Crippen LogP contribution in [0.25, 0.3) is 0 Å². The van der Waals surface area contributed by atoms with Crippen molar-refractivity contribution in [2.45, 2.75) is 12.8 Å². The van der Waals surface area contributed by atoms with E-state index in [1.807, 2.05) is 17.0 Å². The van der Waals surface area contributed by atoms with E-state index in [1.165, 1.54) is 0 Å². The van der Waals surface area contributed by atoms with Crippen molar-refractivity contribution in [3.8, 4) is 0 Å². The fourth-order valence-corrected chi connectivity index (χ4v) is 3.33. The molecular weight excluding hydrogens is 314 g/mol. The molecule has 2 aliphatic rings. The van der Waals surface area contributed by atoms with Gasteiger partial charge < -0.3 is 15.0 Å². The van der Waals surface area contributed by atoms with Gasteiger partial charge in [-0.2, -0.15) is 0 Å². The van der Waals surface area contributed by atoms with Gasteiger partial charge in [0, 0.05) is 43.4 Å². The maximum atomic E-state index is 12.3. The number of morpholine rings is 1. The van der Waals surface area contributed by atoms with Crippen LogP contribution in [0.2, 0.25) is 5.02 Å². The second kappa shape index (κ2) is 7.99. The molecular formula is C17H24ClN3O2. The average Bonchev–Trinajstić information content (AvgIpc) is 2.58. The molecule has 1 aromatic carbocycles. The van der Waals surface area contributed by atoms with E-state index < -0.39 is 0 Å². The number of anilines is 1. The first-order chi connectivity index (χ1) is 11.2. The Kier molecular flexibility index (Phi) is 5.75. The Labute approximate surface area is 142 Å². The van der Waals surface area contributed by atoms with Crippen LogP contribution in [0.3, 0.4) is 0 Å². The van der Waals surface area contributed by atoms with Crippen LogP contribution in [-0.4, -0.2) is 61.8 Å². The number of nitrogens with one attached hydrogen (secondary N) is 1. The van der Waals surface area contributed by atoms with E-state index in [-0.39, 0.29) is 6.03 Å². The lowest BCUT2D eigenvalue weighted by Gasteiger charge is -2.36. The highest BCUT2D eigenvalue weighted by atomic mass is 35.5. The standard InChI is InChI=1S/C17H24ClN3O2/c18-15-1-3-16(4-2-15)19-17(22)21-7-5-14(6-8-21)13-20-9-11-23-12-10-20/h1-4,14H,5-13H2,(H,19,22). The van der Waals surface area contributed by atoms with Crippen molar-refractivity contribution in [1.29, 1.82) is 0 Å². The van der Waals surface area contributed by atoms with Crippen molar-refractivity contribution in [2.24, 2.45) is 5.92 Å². The third-order valence-corrected chi connectivity index (χ3v) is 4.87. The zero-order valence-electron chi connectivity index (χ0n) is 13.3. The van der Waals surface area contributed by atoms with E-state index in [2.05, 4.69) is 10.2 Å². The van der Waals surface area contributed by atoms with Gasteiger partial charge in [0.25, 0.3) is 0 Å². The smallest absolute Gasteiger partial charge is 0.321 e. The molecule has 126 valence electrons. The third kappa shape index (κ3) is 4.83. The van der Waals surface area contributed by atoms with Crippen LogP contribution in [0, 0.1) is 5.92 Å². The summed E-state index contributed by atoms with van der Waals surface area (Å²) in [7, 11) is 0. The Balaban J connectivity index is 1.42. The fourth-order valence-electron chi connectivity index (χ4n) is 3.20. The summed E-state index contributed by atoms with van der Waals surface area (Å²) < 4.78 is 5.39. The van der Waals surface area contributed by atoms with E-state index in [1.54, 1.807) is 12.1 Å². The maximum absolute atomic E-state index is 12.3. The van der Waals surface area contributed by atoms with E-state index in [9.17, 15) is 4.79 Å². The first kappa shape index (κ1) is 16.6. The van der Waals surface area contributed by atoms with Gasteiger partial charge in [-0.1, -0.05) is 11.6 Å². The summed E-state index contributed by atoms with van der Waals surface area (Å²) in [5.41, 5.74) is 0.787. The number of hydrogen-bond donors (Lipinski definition) is 1. The minimum atomic E-state index is -0.0165. The van der Waals surface area contributed by atoms with Gasteiger partial charge in [0.2, 0.25) is 0 Å². The number of benzene rings is 1. The van der Waals surface area contributed by atoms with Crippen molar-refractivity contribution in [1.82, 2.24) is 9.80 Å². The second-order valence-corrected chi connectivity index (χ2v) is 6.72. The molecule has 0 spiro atoms. The highest BCUT2D eigenvalue weighted by Crippen LogP contribution is 2.20. The van der Waals surface area contributed by atoms with Gasteiger partial charge in [0.1, 0.15) is 0 Å². The van der Waals surface area contributed by atoms with Gasteiger partial charge in [0.05, 0.1) is 13.2 Å². The second-order valence-electron chi connectivity index (χ2n) is 6.28. The molecule has 2 fully saturated rings. The zero-order valence-corrected chi connectivity index (χ0v) is 14.1. The van der Waals surface area contributed by atoms with Crippen molar-refractivity contribution < 1.29 is 9.53 Å². The fraction of sp³-hybridized carbons (Fsp3) is 0.588. The van der Waals surface area contributed by atoms with Crippen molar-refractivity contribution >= 4 is 23.3 Å². The summed E-state index contributed by atoms with van der Waals surface area (Å²) in [6, 6.07) is 7.20. The molecule has 3 rings (SSSR count). The number of carbonyl (C=O) groups is 1. The molecule has 0 aromatic heterocycles. The molecule has 0 radical (unpaired) electrons. The number of nitrogens with zero attached hydrogens (tertiary/aromatic N) is 2. The number of carbonyl (C=O) groups excluding carboxylic acids is 1. The number of urea groups is 1. The summed E-state index contributed by atoms with van der Waals surface area (Å²) in [5.74, 6) is 0.688. The number of piperidine rings is 1. The number of ether oxygens (including phenoxy) is 1. The van der Waals surface area contributed by atoms with Gasteiger partial charge in [-0.3, -0.25) is 4.90 Å². The van der Waals surface area contributed by atoms with Gasteiger partial charge in [0.15, 0.2) is 0 Å². The largest absolute Gasteiger partial charge is 0.379 e. The molecule has 0 bridgehead atoms. The third-order valence-electron chi connectivity index (χ3n) is 4.62. The Bertz CT molecular complexity index is 509. The minimum Gasteiger partial charge on any atom is -0.379 e. The first-order valence-corrected chi connectivity index (χ1v) is 8.70. The van der Waals surface area contributed by atoms with Crippen molar-refractivity contribution in [2.75, 3.05) is 51.3 Å². The zero-order chi connectivity index (χ0) is 16.1. The molecule has 0 aliphatic carbocycles. The maximum Gasteiger partial charge on any atom is 0.321 e. The lowest BCUT2D eigenvalue weighted by atomic mass is 9.96. The highest BCUT2D eigenvalue weighted by molar-refractivity contribution is 6.30. The number of likely N-dealkylation sites (tertiary alicyclic amines) is 1. The highest BCUT2D eigenvalue weighted by Gasteiger charge is 2.24. The minimum absolute atomic E-state index is 0.0165. The number of rotatable bonds is 3. The number of halogens is 1. The molecule has 6 heteroatoms.